The summed E-state index contributed by atoms with van der Waals surface area (Å²) in [6.45, 7) is 3.35. The lowest BCUT2D eigenvalue weighted by molar-refractivity contribution is -0.137. The Morgan fingerprint density at radius 1 is 1.50 bits per heavy atom. The maximum Gasteiger partial charge on any atom is 0.303 e. The van der Waals surface area contributed by atoms with Crippen LogP contribution in [0.1, 0.15) is 25.3 Å². The van der Waals surface area contributed by atoms with E-state index in [0.29, 0.717) is 26.1 Å². The largest absolute Gasteiger partial charge is 0.491 e. The highest BCUT2D eigenvalue weighted by Gasteiger charge is 2.04. The summed E-state index contributed by atoms with van der Waals surface area (Å²) in [5.74, 6) is -0.919. The summed E-state index contributed by atoms with van der Waals surface area (Å²) >= 11 is 0. The molecule has 0 saturated heterocycles. The molecule has 0 heterocycles. The molecule has 0 atom stereocenters. The van der Waals surface area contributed by atoms with Crippen LogP contribution in [0.4, 0.5) is 4.39 Å². The smallest absolute Gasteiger partial charge is 0.303 e. The average Bonchev–Trinajstić information content (AvgIpc) is 2.32. The third kappa shape index (κ3) is 5.14. The number of carboxylic acids is 1. The number of halogens is 1. The van der Waals surface area contributed by atoms with E-state index in [4.69, 9.17) is 9.84 Å². The first-order valence-corrected chi connectivity index (χ1v) is 5.97. The molecule has 1 rings (SSSR count). The highest BCUT2D eigenvalue weighted by Crippen LogP contribution is 2.18. The first kappa shape index (κ1) is 14.4. The predicted octanol–water partition coefficient (Wildman–Crippen LogP) is 2.18. The van der Waals surface area contributed by atoms with Gasteiger partial charge in [0.15, 0.2) is 11.6 Å². The molecule has 1 aromatic carbocycles. The topological polar surface area (TPSA) is 58.6 Å². The number of carbonyl (C=O) groups is 1. The molecule has 0 aliphatic carbocycles. The van der Waals surface area contributed by atoms with Gasteiger partial charge in [-0.2, -0.15) is 0 Å². The Kier molecular flexibility index (Phi) is 6.14. The van der Waals surface area contributed by atoms with Gasteiger partial charge in [0.05, 0.1) is 6.61 Å². The maximum absolute atomic E-state index is 13.5. The molecule has 2 N–H and O–H groups in total. The zero-order chi connectivity index (χ0) is 13.4. The van der Waals surface area contributed by atoms with Crippen molar-refractivity contribution in [1.82, 2.24) is 5.32 Å². The van der Waals surface area contributed by atoms with Crippen LogP contribution >= 0.6 is 0 Å². The number of hydrogen-bond donors (Lipinski definition) is 2. The van der Waals surface area contributed by atoms with E-state index in [-0.39, 0.29) is 18.0 Å². The Hall–Kier alpha value is -1.62. The molecule has 0 aliphatic rings. The number of ether oxygens (including phenoxy) is 1. The van der Waals surface area contributed by atoms with Gasteiger partial charge in [-0.15, -0.1) is 0 Å². The van der Waals surface area contributed by atoms with E-state index in [9.17, 15) is 9.18 Å². The molecule has 0 fully saturated rings. The molecule has 18 heavy (non-hydrogen) atoms. The van der Waals surface area contributed by atoms with Crippen LogP contribution in [0.3, 0.4) is 0 Å². The van der Waals surface area contributed by atoms with Gasteiger partial charge in [0.25, 0.3) is 0 Å². The maximum atomic E-state index is 13.5. The lowest BCUT2D eigenvalue weighted by Gasteiger charge is -2.07. The van der Waals surface area contributed by atoms with E-state index < -0.39 is 5.97 Å². The highest BCUT2D eigenvalue weighted by molar-refractivity contribution is 5.66. The molecule has 0 amide bonds. The first-order chi connectivity index (χ1) is 8.63. The second-order valence-corrected chi connectivity index (χ2v) is 3.87. The number of benzene rings is 1. The summed E-state index contributed by atoms with van der Waals surface area (Å²) < 4.78 is 18.6. The fraction of sp³-hybridized carbons (Fsp3) is 0.462. The molecule has 0 aliphatic heterocycles. The average molecular weight is 255 g/mol. The van der Waals surface area contributed by atoms with Crippen molar-refractivity contribution in [3.8, 4) is 5.75 Å². The van der Waals surface area contributed by atoms with Gasteiger partial charge in [-0.1, -0.05) is 6.07 Å². The Morgan fingerprint density at radius 3 is 2.89 bits per heavy atom. The van der Waals surface area contributed by atoms with Gasteiger partial charge >= 0.3 is 5.97 Å². The normalized spacial score (nSPS) is 10.3. The van der Waals surface area contributed by atoms with E-state index in [0.717, 1.165) is 5.56 Å². The van der Waals surface area contributed by atoms with Gasteiger partial charge in [0.1, 0.15) is 0 Å². The fourth-order valence-corrected chi connectivity index (χ4v) is 1.52. The second-order valence-electron chi connectivity index (χ2n) is 3.87. The third-order valence-corrected chi connectivity index (χ3v) is 2.37. The van der Waals surface area contributed by atoms with Crippen LogP contribution in [0.2, 0.25) is 0 Å². The molecule has 0 saturated carbocycles. The van der Waals surface area contributed by atoms with Crippen LogP contribution in [0.5, 0.6) is 5.75 Å². The van der Waals surface area contributed by atoms with Gasteiger partial charge in [-0.3, -0.25) is 4.79 Å². The van der Waals surface area contributed by atoms with Crippen molar-refractivity contribution >= 4 is 5.97 Å². The van der Waals surface area contributed by atoms with Crippen molar-refractivity contribution in [3.05, 3.63) is 29.6 Å². The van der Waals surface area contributed by atoms with Gasteiger partial charge < -0.3 is 15.2 Å². The van der Waals surface area contributed by atoms with E-state index >= 15 is 0 Å². The van der Waals surface area contributed by atoms with Crippen LogP contribution in [0.15, 0.2) is 18.2 Å². The minimum absolute atomic E-state index is 0.143. The number of carboxylic acid groups (broad SMARTS) is 1. The molecule has 0 radical (unpaired) electrons. The minimum Gasteiger partial charge on any atom is -0.491 e. The molecular weight excluding hydrogens is 237 g/mol. The molecule has 0 aromatic heterocycles. The number of nitrogens with one attached hydrogen (secondary N) is 1. The summed E-state index contributed by atoms with van der Waals surface area (Å²) in [5, 5.41) is 11.5. The molecule has 0 bridgehead atoms. The fourth-order valence-electron chi connectivity index (χ4n) is 1.52. The Labute approximate surface area is 106 Å². The minimum atomic E-state index is -0.802. The standard InChI is InChI=1S/C13H18FNO3/c1-2-18-12-6-5-10(8-11(12)14)9-15-7-3-4-13(16)17/h5-6,8,15H,2-4,7,9H2,1H3,(H,16,17). The van der Waals surface area contributed by atoms with Crippen LogP contribution in [-0.4, -0.2) is 24.2 Å². The monoisotopic (exact) mass is 255 g/mol. The Morgan fingerprint density at radius 2 is 2.28 bits per heavy atom. The number of rotatable bonds is 8. The molecular formula is C13H18FNO3. The molecule has 1 aromatic rings. The van der Waals surface area contributed by atoms with E-state index in [1.807, 2.05) is 0 Å². The summed E-state index contributed by atoms with van der Waals surface area (Å²) in [7, 11) is 0. The second kappa shape index (κ2) is 7.66. The first-order valence-electron chi connectivity index (χ1n) is 5.97. The van der Waals surface area contributed by atoms with E-state index in [1.165, 1.54) is 6.07 Å². The predicted molar refractivity (Wildman–Crippen MR) is 66.1 cm³/mol. The van der Waals surface area contributed by atoms with Crippen molar-refractivity contribution in [3.63, 3.8) is 0 Å². The Balaban J connectivity index is 2.34. The third-order valence-electron chi connectivity index (χ3n) is 2.37. The van der Waals surface area contributed by atoms with Crippen LogP contribution in [0, 0.1) is 5.82 Å². The SMILES string of the molecule is CCOc1ccc(CNCCCC(=O)O)cc1F. The van der Waals surface area contributed by atoms with Gasteiger partial charge in [-0.25, -0.2) is 4.39 Å². The van der Waals surface area contributed by atoms with Crippen LogP contribution < -0.4 is 10.1 Å². The molecule has 4 nitrogen and oxygen atoms in total. The van der Waals surface area contributed by atoms with Gasteiger partial charge in [0.2, 0.25) is 0 Å². The van der Waals surface area contributed by atoms with Crippen molar-refractivity contribution < 1.29 is 19.0 Å². The van der Waals surface area contributed by atoms with Gasteiger partial charge in [0, 0.05) is 13.0 Å². The quantitative estimate of drug-likeness (QED) is 0.699. The summed E-state index contributed by atoms with van der Waals surface area (Å²) in [4.78, 5) is 10.3. The summed E-state index contributed by atoms with van der Waals surface area (Å²) in [6.07, 6.45) is 0.708. The van der Waals surface area contributed by atoms with Gasteiger partial charge in [-0.05, 0) is 37.6 Å². The van der Waals surface area contributed by atoms with Crippen LogP contribution in [-0.2, 0) is 11.3 Å². The van der Waals surface area contributed by atoms with Crippen molar-refractivity contribution in [1.29, 1.82) is 0 Å². The molecule has 5 heteroatoms. The highest BCUT2D eigenvalue weighted by atomic mass is 19.1. The lowest BCUT2D eigenvalue weighted by Crippen LogP contribution is -2.15. The molecule has 0 spiro atoms. The zero-order valence-electron chi connectivity index (χ0n) is 10.4. The summed E-state index contributed by atoms with van der Waals surface area (Å²) in [5.41, 5.74) is 0.811. The van der Waals surface area contributed by atoms with E-state index in [1.54, 1.807) is 19.1 Å². The van der Waals surface area contributed by atoms with E-state index in [2.05, 4.69) is 5.32 Å². The van der Waals surface area contributed by atoms with Crippen molar-refractivity contribution in [2.45, 2.75) is 26.3 Å². The van der Waals surface area contributed by atoms with Crippen LogP contribution in [0.25, 0.3) is 0 Å². The number of hydrogen-bond acceptors (Lipinski definition) is 3. The van der Waals surface area contributed by atoms with Crippen molar-refractivity contribution in [2.75, 3.05) is 13.2 Å². The number of aliphatic carboxylic acids is 1. The van der Waals surface area contributed by atoms with Crippen molar-refractivity contribution in [2.24, 2.45) is 0 Å². The molecule has 100 valence electrons. The zero-order valence-corrected chi connectivity index (χ0v) is 10.4. The lowest BCUT2D eigenvalue weighted by atomic mass is 10.2. The summed E-state index contributed by atoms with van der Waals surface area (Å²) in [6, 6.07) is 4.82. The Bertz CT molecular complexity index is 396. The molecule has 0 unspecified atom stereocenters.